The Bertz CT molecular complexity index is 1200. The van der Waals surface area contributed by atoms with Crippen LogP contribution in [0.3, 0.4) is 0 Å². The Morgan fingerprint density at radius 2 is 1.80 bits per heavy atom. The molecule has 1 aliphatic rings. The predicted molar refractivity (Wildman–Crippen MR) is 162 cm³/mol. The Hall–Kier alpha value is -3.57. The summed E-state index contributed by atoms with van der Waals surface area (Å²) in [5.41, 5.74) is 5.56. The van der Waals surface area contributed by atoms with E-state index in [1.807, 2.05) is 31.2 Å². The van der Waals surface area contributed by atoms with Crippen LogP contribution in [0, 0.1) is 23.6 Å². The number of amides is 2. The van der Waals surface area contributed by atoms with Gasteiger partial charge in [0.15, 0.2) is 0 Å². The molecule has 7 heteroatoms. The summed E-state index contributed by atoms with van der Waals surface area (Å²) >= 11 is 0. The molecule has 3 N–H and O–H groups in total. The maximum absolute atomic E-state index is 13.6. The third kappa shape index (κ3) is 11.1. The minimum Gasteiger partial charge on any atom is -0.493 e. The molecule has 0 aromatic heterocycles. The van der Waals surface area contributed by atoms with E-state index in [0.717, 1.165) is 42.6 Å². The van der Waals surface area contributed by atoms with Crippen LogP contribution < -0.4 is 20.7 Å². The third-order valence-electron chi connectivity index (χ3n) is 7.25. The molecular weight excluding hydrogens is 517 g/mol. The molecule has 1 fully saturated rings. The van der Waals surface area contributed by atoms with Crippen molar-refractivity contribution in [2.45, 2.75) is 78.3 Å². The molecule has 0 heterocycles. The molecule has 0 bridgehead atoms. The van der Waals surface area contributed by atoms with E-state index in [9.17, 15) is 14.0 Å². The molecule has 1 aliphatic carbocycles. The van der Waals surface area contributed by atoms with Gasteiger partial charge in [0, 0.05) is 12.5 Å². The molecule has 3 rings (SSSR count). The highest BCUT2D eigenvalue weighted by molar-refractivity contribution is 5.89. The first-order valence-electron chi connectivity index (χ1n) is 14.9. The number of rotatable bonds is 17. The lowest BCUT2D eigenvalue weighted by Crippen LogP contribution is -2.52. The SMILES string of the molecule is C=C=C(N[C@H](C)C(=O)N[C@@H](CC1CC1)C(=O)NCCCc1ccccc1OCC(C)C)[C@H](C)Cc1cccc(F)c1. The van der Waals surface area contributed by atoms with Gasteiger partial charge in [0.05, 0.1) is 12.3 Å². The quantitative estimate of drug-likeness (QED) is 0.170. The van der Waals surface area contributed by atoms with Gasteiger partial charge in [0.25, 0.3) is 0 Å². The summed E-state index contributed by atoms with van der Waals surface area (Å²) in [6, 6.07) is 13.3. The molecule has 3 atom stereocenters. The first-order chi connectivity index (χ1) is 19.7. The van der Waals surface area contributed by atoms with Crippen LogP contribution in [0.2, 0.25) is 0 Å². The summed E-state index contributed by atoms with van der Waals surface area (Å²) in [6.45, 7) is 12.9. The van der Waals surface area contributed by atoms with E-state index in [2.05, 4.69) is 48.2 Å². The van der Waals surface area contributed by atoms with Crippen LogP contribution in [-0.4, -0.2) is 37.0 Å². The lowest BCUT2D eigenvalue weighted by Gasteiger charge is -2.24. The van der Waals surface area contributed by atoms with Crippen molar-refractivity contribution in [1.82, 2.24) is 16.0 Å². The van der Waals surface area contributed by atoms with Crippen LogP contribution >= 0.6 is 0 Å². The third-order valence-corrected chi connectivity index (χ3v) is 7.25. The summed E-state index contributed by atoms with van der Waals surface area (Å²) in [7, 11) is 0. The molecule has 0 spiro atoms. The second kappa shape index (κ2) is 16.0. The fraction of sp³-hybridized carbons (Fsp3) is 0.500. The zero-order valence-electron chi connectivity index (χ0n) is 25.0. The molecule has 41 heavy (non-hydrogen) atoms. The molecule has 0 radical (unpaired) electrons. The summed E-state index contributed by atoms with van der Waals surface area (Å²) < 4.78 is 19.6. The second-order valence-corrected chi connectivity index (χ2v) is 11.6. The zero-order chi connectivity index (χ0) is 29.8. The fourth-order valence-electron chi connectivity index (χ4n) is 4.72. The number of carbonyl (C=O) groups excluding carboxylic acids is 2. The number of aryl methyl sites for hydroxylation is 1. The monoisotopic (exact) mass is 563 g/mol. The molecule has 2 amide bonds. The topological polar surface area (TPSA) is 79.5 Å². The maximum atomic E-state index is 13.6. The Balaban J connectivity index is 1.49. The normalized spacial score (nSPS) is 14.9. The minimum atomic E-state index is -0.592. The zero-order valence-corrected chi connectivity index (χ0v) is 25.0. The summed E-state index contributed by atoms with van der Waals surface area (Å²) in [4.78, 5) is 26.2. The first kappa shape index (κ1) is 32.0. The van der Waals surface area contributed by atoms with Gasteiger partial charge >= 0.3 is 0 Å². The summed E-state index contributed by atoms with van der Waals surface area (Å²) in [5.74, 6) is 1.08. The van der Waals surface area contributed by atoms with Gasteiger partial charge in [-0.15, -0.1) is 5.73 Å². The van der Waals surface area contributed by atoms with Gasteiger partial charge in [0.2, 0.25) is 11.8 Å². The molecule has 2 aromatic rings. The maximum Gasteiger partial charge on any atom is 0.242 e. The Morgan fingerprint density at radius 1 is 1.05 bits per heavy atom. The van der Waals surface area contributed by atoms with E-state index in [4.69, 9.17) is 4.74 Å². The van der Waals surface area contributed by atoms with Gasteiger partial charge in [-0.2, -0.15) is 0 Å². The molecule has 2 aromatic carbocycles. The molecular formula is C34H46FN3O3. The average molecular weight is 564 g/mol. The lowest BCUT2D eigenvalue weighted by molar-refractivity contribution is -0.130. The first-order valence-corrected chi connectivity index (χ1v) is 14.9. The number of hydrogen-bond donors (Lipinski definition) is 3. The van der Waals surface area contributed by atoms with Crippen molar-refractivity contribution in [3.63, 3.8) is 0 Å². The van der Waals surface area contributed by atoms with Crippen molar-refractivity contribution < 1.29 is 18.7 Å². The van der Waals surface area contributed by atoms with Gasteiger partial charge in [-0.1, -0.05) is 70.5 Å². The molecule has 222 valence electrons. The van der Waals surface area contributed by atoms with Crippen molar-refractivity contribution in [3.05, 3.63) is 83.5 Å². The van der Waals surface area contributed by atoms with Crippen molar-refractivity contribution in [2.75, 3.05) is 13.2 Å². The summed E-state index contributed by atoms with van der Waals surface area (Å²) in [5, 5.41) is 9.19. The summed E-state index contributed by atoms with van der Waals surface area (Å²) in [6.07, 6.45) is 4.95. The number of nitrogens with one attached hydrogen (secondary N) is 3. The van der Waals surface area contributed by atoms with Crippen LogP contribution in [0.5, 0.6) is 5.75 Å². The molecule has 0 saturated heterocycles. The van der Waals surface area contributed by atoms with E-state index in [1.165, 1.54) is 12.1 Å². The van der Waals surface area contributed by atoms with Crippen LogP contribution in [0.15, 0.2) is 66.5 Å². The molecule has 6 nitrogen and oxygen atoms in total. The number of hydrogen-bond acceptors (Lipinski definition) is 4. The van der Waals surface area contributed by atoms with Crippen molar-refractivity contribution in [1.29, 1.82) is 0 Å². The highest BCUT2D eigenvalue weighted by Crippen LogP contribution is 2.33. The predicted octanol–water partition coefficient (Wildman–Crippen LogP) is 5.72. The van der Waals surface area contributed by atoms with Crippen molar-refractivity contribution in [3.8, 4) is 5.75 Å². The van der Waals surface area contributed by atoms with Gasteiger partial charge in [0.1, 0.15) is 23.7 Å². The second-order valence-electron chi connectivity index (χ2n) is 11.6. The molecule has 1 saturated carbocycles. The van der Waals surface area contributed by atoms with E-state index < -0.39 is 12.1 Å². The number of carbonyl (C=O) groups is 2. The van der Waals surface area contributed by atoms with Gasteiger partial charge in [-0.25, -0.2) is 4.39 Å². The fourth-order valence-corrected chi connectivity index (χ4v) is 4.72. The van der Waals surface area contributed by atoms with Crippen molar-refractivity contribution in [2.24, 2.45) is 17.8 Å². The van der Waals surface area contributed by atoms with Crippen LogP contribution in [0.25, 0.3) is 0 Å². The van der Waals surface area contributed by atoms with Crippen LogP contribution in [0.4, 0.5) is 4.39 Å². The highest BCUT2D eigenvalue weighted by atomic mass is 19.1. The lowest BCUT2D eigenvalue weighted by atomic mass is 9.97. The van der Waals surface area contributed by atoms with E-state index in [-0.39, 0.29) is 23.5 Å². The van der Waals surface area contributed by atoms with E-state index in [1.54, 1.807) is 13.0 Å². The number of para-hydroxylation sites is 1. The Labute approximate surface area is 244 Å². The smallest absolute Gasteiger partial charge is 0.242 e. The van der Waals surface area contributed by atoms with Crippen LogP contribution in [-0.2, 0) is 22.4 Å². The number of benzene rings is 2. The molecule has 0 aliphatic heterocycles. The van der Waals surface area contributed by atoms with Crippen molar-refractivity contribution >= 4 is 11.8 Å². The van der Waals surface area contributed by atoms with Crippen LogP contribution in [0.1, 0.15) is 64.5 Å². The Kier molecular flexibility index (Phi) is 12.5. The standard InChI is InChI=1S/C34H46FN3O3/c1-6-30(24(4)19-27-11-9-14-29(35)20-27)37-25(5)33(39)38-31(21-26-16-17-26)34(40)36-18-10-13-28-12-7-8-15-32(28)41-22-23(2)3/h7-9,11-12,14-15,20,23-26,31,37H,1,10,13,16-19,21-22H2,2-5H3,(H,36,40)(H,38,39)/t24-,25-,31+/m1/s1. The van der Waals surface area contributed by atoms with Gasteiger partial charge in [-0.05, 0) is 73.8 Å². The average Bonchev–Trinajstić information content (AvgIpc) is 3.76. The number of halogens is 1. The highest BCUT2D eigenvalue weighted by Gasteiger charge is 2.31. The Morgan fingerprint density at radius 3 is 2.49 bits per heavy atom. The van der Waals surface area contributed by atoms with E-state index in [0.29, 0.717) is 43.5 Å². The van der Waals surface area contributed by atoms with Gasteiger partial charge < -0.3 is 20.7 Å². The van der Waals surface area contributed by atoms with E-state index >= 15 is 0 Å². The van der Waals surface area contributed by atoms with Gasteiger partial charge in [-0.3, -0.25) is 9.59 Å². The largest absolute Gasteiger partial charge is 0.493 e. The number of allylic oxidation sites excluding steroid dienone is 1. The number of ether oxygens (including phenoxy) is 1. The minimum absolute atomic E-state index is 0.0454. The molecule has 0 unspecified atom stereocenters.